The van der Waals surface area contributed by atoms with Crippen LogP contribution < -0.4 is 4.90 Å². The van der Waals surface area contributed by atoms with Crippen molar-refractivity contribution in [3.05, 3.63) is 243 Å². The van der Waals surface area contributed by atoms with Gasteiger partial charge in [0, 0.05) is 33.5 Å². The van der Waals surface area contributed by atoms with Crippen molar-refractivity contribution in [2.45, 2.75) is 0 Å². The first-order chi connectivity index (χ1) is 30.7. The maximum absolute atomic E-state index is 2.39. The van der Waals surface area contributed by atoms with Crippen molar-refractivity contribution in [3.63, 3.8) is 0 Å². The standard InChI is InChI=1S/C60H40N2/c1-2-13-47-39-48(28-27-41(47)11-1)44-25-23-42(24-26-44)43-29-34-49(35-30-43)61(51-14-9-15-52(40-51)62-59-21-7-5-17-57(59)58-18-6-8-22-60(58)62)50-36-31-46(32-37-50)54-19-10-20-55-53-16-4-3-12-45(53)33-38-56(54)55/h1-40H. The van der Waals surface area contributed by atoms with E-state index >= 15 is 0 Å². The number of rotatable bonds is 7. The van der Waals surface area contributed by atoms with Crippen LogP contribution in [0.25, 0.3) is 93.2 Å². The van der Waals surface area contributed by atoms with Crippen LogP contribution in [0.15, 0.2) is 243 Å². The lowest BCUT2D eigenvalue weighted by molar-refractivity contribution is 1.17. The molecule has 290 valence electrons. The Bertz CT molecular complexity index is 3560. The Morgan fingerprint density at radius 1 is 0.258 bits per heavy atom. The van der Waals surface area contributed by atoms with Gasteiger partial charge in [0.05, 0.1) is 11.0 Å². The molecule has 0 radical (unpaired) electrons. The summed E-state index contributed by atoms with van der Waals surface area (Å²) in [5.41, 5.74) is 14.0. The van der Waals surface area contributed by atoms with Crippen molar-refractivity contribution in [3.8, 4) is 39.1 Å². The molecule has 12 rings (SSSR count). The van der Waals surface area contributed by atoms with Crippen LogP contribution in [-0.4, -0.2) is 4.57 Å². The molecule has 0 bridgehead atoms. The third-order valence-corrected chi connectivity index (χ3v) is 12.6. The highest BCUT2D eigenvalue weighted by Gasteiger charge is 2.17. The molecular formula is C60H40N2. The fourth-order valence-corrected chi connectivity index (χ4v) is 9.53. The minimum Gasteiger partial charge on any atom is -0.310 e. The van der Waals surface area contributed by atoms with Gasteiger partial charge in [-0.25, -0.2) is 0 Å². The van der Waals surface area contributed by atoms with E-state index in [0.717, 1.165) is 22.7 Å². The summed E-state index contributed by atoms with van der Waals surface area (Å²) in [6.45, 7) is 0. The van der Waals surface area contributed by atoms with Gasteiger partial charge in [0.2, 0.25) is 0 Å². The highest BCUT2D eigenvalue weighted by atomic mass is 15.1. The van der Waals surface area contributed by atoms with E-state index in [1.165, 1.54) is 87.5 Å². The molecule has 0 aliphatic carbocycles. The van der Waals surface area contributed by atoms with E-state index in [1.54, 1.807) is 0 Å². The lowest BCUT2D eigenvalue weighted by atomic mass is 9.94. The van der Waals surface area contributed by atoms with E-state index in [2.05, 4.69) is 252 Å². The smallest absolute Gasteiger partial charge is 0.0541 e. The Morgan fingerprint density at radius 2 is 0.758 bits per heavy atom. The van der Waals surface area contributed by atoms with Crippen LogP contribution in [0, 0.1) is 0 Å². The topological polar surface area (TPSA) is 8.17 Å². The monoisotopic (exact) mass is 788 g/mol. The van der Waals surface area contributed by atoms with E-state index in [9.17, 15) is 0 Å². The molecule has 0 aliphatic heterocycles. The molecule has 0 aliphatic rings. The van der Waals surface area contributed by atoms with Gasteiger partial charge in [-0.3, -0.25) is 0 Å². The summed E-state index contributed by atoms with van der Waals surface area (Å²) >= 11 is 0. The SMILES string of the molecule is c1cc(N(c2ccc(-c3ccc(-c4ccc5ccccc5c4)cc3)cc2)c2ccc(-c3cccc4c3ccc3ccccc34)cc2)cc(-n2c3ccccc3c3ccccc32)c1. The minimum absolute atomic E-state index is 1.08. The Balaban J connectivity index is 0.942. The number of hydrogen-bond acceptors (Lipinski definition) is 1. The molecule has 0 unspecified atom stereocenters. The second-order valence-corrected chi connectivity index (χ2v) is 16.1. The van der Waals surface area contributed by atoms with E-state index in [0.29, 0.717) is 0 Å². The normalized spacial score (nSPS) is 11.5. The molecule has 0 atom stereocenters. The number of hydrogen-bond donors (Lipinski definition) is 0. The summed E-state index contributed by atoms with van der Waals surface area (Å²) < 4.78 is 2.39. The Labute approximate surface area is 360 Å². The second kappa shape index (κ2) is 14.8. The Morgan fingerprint density at radius 3 is 1.45 bits per heavy atom. The van der Waals surface area contributed by atoms with Crippen molar-refractivity contribution in [1.29, 1.82) is 0 Å². The maximum atomic E-state index is 2.39. The van der Waals surface area contributed by atoms with Gasteiger partial charge in [0.15, 0.2) is 0 Å². The summed E-state index contributed by atoms with van der Waals surface area (Å²) in [7, 11) is 0. The molecule has 1 heterocycles. The van der Waals surface area contributed by atoms with Crippen LogP contribution in [0.1, 0.15) is 0 Å². The van der Waals surface area contributed by atoms with E-state index in [1.807, 2.05) is 0 Å². The fourth-order valence-electron chi connectivity index (χ4n) is 9.53. The molecule has 1 aromatic heterocycles. The van der Waals surface area contributed by atoms with Crippen molar-refractivity contribution < 1.29 is 0 Å². The Kier molecular flexibility index (Phi) is 8.53. The number of benzene rings is 11. The maximum Gasteiger partial charge on any atom is 0.0541 e. The van der Waals surface area contributed by atoms with Gasteiger partial charge in [-0.15, -0.1) is 0 Å². The van der Waals surface area contributed by atoms with Crippen LogP contribution in [0.4, 0.5) is 17.1 Å². The van der Waals surface area contributed by atoms with Gasteiger partial charge in [-0.1, -0.05) is 182 Å². The predicted molar refractivity (Wildman–Crippen MR) is 264 cm³/mol. The molecule has 0 N–H and O–H groups in total. The highest BCUT2D eigenvalue weighted by molar-refractivity contribution is 6.12. The third-order valence-electron chi connectivity index (χ3n) is 12.6. The number of aromatic nitrogens is 1. The molecule has 0 saturated heterocycles. The van der Waals surface area contributed by atoms with Crippen LogP contribution in [-0.2, 0) is 0 Å². The van der Waals surface area contributed by atoms with Crippen molar-refractivity contribution >= 4 is 71.2 Å². The van der Waals surface area contributed by atoms with Gasteiger partial charge in [-0.2, -0.15) is 0 Å². The van der Waals surface area contributed by atoms with Gasteiger partial charge in [0.25, 0.3) is 0 Å². The molecule has 2 heteroatoms. The van der Waals surface area contributed by atoms with Crippen molar-refractivity contribution in [1.82, 2.24) is 4.57 Å². The lowest BCUT2D eigenvalue weighted by Crippen LogP contribution is -2.10. The van der Waals surface area contributed by atoms with Gasteiger partial charge in [-0.05, 0) is 126 Å². The fraction of sp³-hybridized carbons (Fsp3) is 0. The second-order valence-electron chi connectivity index (χ2n) is 16.1. The Hall–Kier alpha value is -8.20. The molecule has 0 saturated carbocycles. The van der Waals surface area contributed by atoms with Crippen LogP contribution in [0.3, 0.4) is 0 Å². The molecule has 12 aromatic rings. The van der Waals surface area contributed by atoms with Gasteiger partial charge >= 0.3 is 0 Å². The van der Waals surface area contributed by atoms with Gasteiger partial charge < -0.3 is 9.47 Å². The lowest BCUT2D eigenvalue weighted by Gasteiger charge is -2.27. The quantitative estimate of drug-likeness (QED) is 0.146. The molecule has 0 fully saturated rings. The zero-order valence-corrected chi connectivity index (χ0v) is 34.0. The number of para-hydroxylation sites is 2. The molecule has 2 nitrogen and oxygen atoms in total. The number of nitrogens with zero attached hydrogens (tertiary/aromatic N) is 2. The highest BCUT2D eigenvalue weighted by Crippen LogP contribution is 2.41. The van der Waals surface area contributed by atoms with Crippen LogP contribution >= 0.6 is 0 Å². The predicted octanol–water partition coefficient (Wildman–Crippen LogP) is 16.7. The van der Waals surface area contributed by atoms with E-state index in [-0.39, 0.29) is 0 Å². The molecular weight excluding hydrogens is 749 g/mol. The van der Waals surface area contributed by atoms with E-state index in [4.69, 9.17) is 0 Å². The molecule has 0 amide bonds. The first-order valence-corrected chi connectivity index (χ1v) is 21.3. The van der Waals surface area contributed by atoms with Crippen molar-refractivity contribution in [2.24, 2.45) is 0 Å². The average molecular weight is 789 g/mol. The minimum atomic E-state index is 1.08. The largest absolute Gasteiger partial charge is 0.310 e. The number of fused-ring (bicyclic) bond motifs is 7. The molecule has 11 aromatic carbocycles. The zero-order chi connectivity index (χ0) is 41.0. The van der Waals surface area contributed by atoms with Gasteiger partial charge in [0.1, 0.15) is 0 Å². The molecule has 0 spiro atoms. The molecule has 62 heavy (non-hydrogen) atoms. The number of anilines is 3. The average Bonchev–Trinajstić information content (AvgIpc) is 3.69. The van der Waals surface area contributed by atoms with Crippen LogP contribution in [0.5, 0.6) is 0 Å². The summed E-state index contributed by atoms with van der Waals surface area (Å²) in [5.74, 6) is 0. The summed E-state index contributed by atoms with van der Waals surface area (Å²) in [6, 6.07) is 88.5. The summed E-state index contributed by atoms with van der Waals surface area (Å²) in [4.78, 5) is 2.38. The van der Waals surface area contributed by atoms with Crippen LogP contribution in [0.2, 0.25) is 0 Å². The third kappa shape index (κ3) is 6.12. The zero-order valence-electron chi connectivity index (χ0n) is 34.0. The van der Waals surface area contributed by atoms with Crippen molar-refractivity contribution in [2.75, 3.05) is 4.90 Å². The first-order valence-electron chi connectivity index (χ1n) is 21.3. The summed E-state index contributed by atoms with van der Waals surface area (Å²) in [6.07, 6.45) is 0. The van der Waals surface area contributed by atoms with E-state index < -0.39 is 0 Å². The summed E-state index contributed by atoms with van der Waals surface area (Å²) in [5, 5.41) is 10.1. The first kappa shape index (κ1) is 35.7.